The summed E-state index contributed by atoms with van der Waals surface area (Å²) in [5.41, 5.74) is 0.0333. The maximum Gasteiger partial charge on any atom is 0.311 e. The molecular formula is C10H16N4O2. The van der Waals surface area contributed by atoms with E-state index in [1.807, 2.05) is 13.8 Å². The van der Waals surface area contributed by atoms with E-state index in [2.05, 4.69) is 10.3 Å². The first-order chi connectivity index (χ1) is 7.60. The monoisotopic (exact) mass is 224 g/mol. The van der Waals surface area contributed by atoms with Gasteiger partial charge in [0.2, 0.25) is 5.82 Å². The molecule has 0 aromatic carbocycles. The van der Waals surface area contributed by atoms with Crippen molar-refractivity contribution in [1.82, 2.24) is 4.98 Å². The van der Waals surface area contributed by atoms with Gasteiger partial charge in [0.15, 0.2) is 0 Å². The summed E-state index contributed by atoms with van der Waals surface area (Å²) in [6.07, 6.45) is 0. The Hall–Kier alpha value is -1.85. The molecule has 6 nitrogen and oxygen atoms in total. The van der Waals surface area contributed by atoms with Gasteiger partial charge in [0, 0.05) is 26.2 Å². The Labute approximate surface area is 94.4 Å². The van der Waals surface area contributed by atoms with Crippen molar-refractivity contribution in [3.05, 3.63) is 22.2 Å². The lowest BCUT2D eigenvalue weighted by atomic mass is 10.3. The molecule has 0 atom stereocenters. The van der Waals surface area contributed by atoms with Gasteiger partial charge in [-0.05, 0) is 19.9 Å². The molecule has 1 rings (SSSR count). The quantitative estimate of drug-likeness (QED) is 0.610. The van der Waals surface area contributed by atoms with Crippen LogP contribution in [0.25, 0.3) is 0 Å². The van der Waals surface area contributed by atoms with Crippen LogP contribution in [0.3, 0.4) is 0 Å². The molecule has 0 radical (unpaired) electrons. The SMILES string of the molecule is CCNc1ccc([N+](=O)[O-])c(N(C)CC)n1. The lowest BCUT2D eigenvalue weighted by Crippen LogP contribution is -2.19. The maximum absolute atomic E-state index is 10.8. The second kappa shape index (κ2) is 5.29. The van der Waals surface area contributed by atoms with Gasteiger partial charge in [-0.1, -0.05) is 0 Å². The summed E-state index contributed by atoms with van der Waals surface area (Å²) in [6.45, 7) is 5.28. The molecule has 0 unspecified atom stereocenters. The van der Waals surface area contributed by atoms with Crippen LogP contribution in [0.4, 0.5) is 17.3 Å². The largest absolute Gasteiger partial charge is 0.370 e. The van der Waals surface area contributed by atoms with Crippen LogP contribution < -0.4 is 10.2 Å². The number of anilines is 2. The third kappa shape index (κ3) is 2.59. The van der Waals surface area contributed by atoms with Gasteiger partial charge >= 0.3 is 5.69 Å². The third-order valence-electron chi connectivity index (χ3n) is 2.25. The van der Waals surface area contributed by atoms with Crippen LogP contribution in [0.15, 0.2) is 12.1 Å². The van der Waals surface area contributed by atoms with Crippen LogP contribution in [0, 0.1) is 10.1 Å². The number of hydrogen-bond acceptors (Lipinski definition) is 5. The second-order valence-electron chi connectivity index (χ2n) is 3.34. The number of rotatable bonds is 5. The maximum atomic E-state index is 10.8. The van der Waals surface area contributed by atoms with E-state index in [9.17, 15) is 10.1 Å². The molecule has 0 aliphatic heterocycles. The average molecular weight is 224 g/mol. The summed E-state index contributed by atoms with van der Waals surface area (Å²) < 4.78 is 0. The van der Waals surface area contributed by atoms with Crippen molar-refractivity contribution < 1.29 is 4.92 Å². The zero-order valence-electron chi connectivity index (χ0n) is 9.73. The summed E-state index contributed by atoms with van der Waals surface area (Å²) in [5.74, 6) is 1.05. The normalized spacial score (nSPS) is 9.94. The van der Waals surface area contributed by atoms with Gasteiger partial charge in [-0.2, -0.15) is 0 Å². The minimum Gasteiger partial charge on any atom is -0.370 e. The highest BCUT2D eigenvalue weighted by molar-refractivity contribution is 5.61. The zero-order valence-corrected chi connectivity index (χ0v) is 9.73. The number of nitrogens with zero attached hydrogens (tertiary/aromatic N) is 3. The van der Waals surface area contributed by atoms with Crippen LogP contribution in [0.5, 0.6) is 0 Å². The predicted molar refractivity (Wildman–Crippen MR) is 64.0 cm³/mol. The molecule has 0 saturated carbocycles. The number of aromatic nitrogens is 1. The van der Waals surface area contributed by atoms with Crippen molar-refractivity contribution in [1.29, 1.82) is 0 Å². The smallest absolute Gasteiger partial charge is 0.311 e. The van der Waals surface area contributed by atoms with Gasteiger partial charge in [-0.15, -0.1) is 0 Å². The fourth-order valence-corrected chi connectivity index (χ4v) is 1.29. The van der Waals surface area contributed by atoms with Gasteiger partial charge < -0.3 is 10.2 Å². The van der Waals surface area contributed by atoms with Gasteiger partial charge in [0.05, 0.1) is 4.92 Å². The molecule has 0 aliphatic rings. The highest BCUT2D eigenvalue weighted by atomic mass is 16.6. The molecule has 0 bridgehead atoms. The Morgan fingerprint density at radius 1 is 1.50 bits per heavy atom. The van der Waals surface area contributed by atoms with E-state index >= 15 is 0 Å². The lowest BCUT2D eigenvalue weighted by molar-refractivity contribution is -0.384. The Morgan fingerprint density at radius 3 is 2.69 bits per heavy atom. The van der Waals surface area contributed by atoms with E-state index in [4.69, 9.17) is 0 Å². The molecule has 1 aromatic heterocycles. The summed E-state index contributed by atoms with van der Waals surface area (Å²) in [4.78, 5) is 16.4. The van der Waals surface area contributed by atoms with Crippen LogP contribution >= 0.6 is 0 Å². The first-order valence-electron chi connectivity index (χ1n) is 5.20. The number of pyridine rings is 1. The topological polar surface area (TPSA) is 71.3 Å². The number of nitro groups is 1. The molecule has 1 aromatic rings. The minimum absolute atomic E-state index is 0.0333. The van der Waals surface area contributed by atoms with E-state index in [0.29, 0.717) is 18.2 Å². The minimum atomic E-state index is -0.412. The van der Waals surface area contributed by atoms with Crippen LogP contribution in [0.2, 0.25) is 0 Å². The number of hydrogen-bond donors (Lipinski definition) is 1. The van der Waals surface area contributed by atoms with Crippen molar-refractivity contribution in [2.45, 2.75) is 13.8 Å². The highest BCUT2D eigenvalue weighted by Crippen LogP contribution is 2.26. The standard InChI is InChI=1S/C10H16N4O2/c1-4-11-9-7-6-8(14(15)16)10(12-9)13(3)5-2/h6-7H,4-5H2,1-3H3,(H,11,12). The van der Waals surface area contributed by atoms with E-state index < -0.39 is 4.92 Å². The van der Waals surface area contributed by atoms with Gasteiger partial charge in [-0.25, -0.2) is 4.98 Å². The van der Waals surface area contributed by atoms with Crippen LogP contribution in [-0.2, 0) is 0 Å². The Morgan fingerprint density at radius 2 is 2.19 bits per heavy atom. The molecule has 0 amide bonds. The fraction of sp³-hybridized carbons (Fsp3) is 0.500. The van der Waals surface area contributed by atoms with Gasteiger partial charge in [-0.3, -0.25) is 10.1 Å². The molecule has 1 heterocycles. The summed E-state index contributed by atoms with van der Waals surface area (Å²) in [5, 5.41) is 13.9. The van der Waals surface area contributed by atoms with E-state index in [0.717, 1.165) is 6.54 Å². The molecule has 0 spiro atoms. The van der Waals surface area contributed by atoms with E-state index in [1.54, 1.807) is 18.0 Å². The molecule has 6 heteroatoms. The molecule has 16 heavy (non-hydrogen) atoms. The van der Waals surface area contributed by atoms with Crippen molar-refractivity contribution in [3.8, 4) is 0 Å². The average Bonchev–Trinajstić information content (AvgIpc) is 2.28. The second-order valence-corrected chi connectivity index (χ2v) is 3.34. The Balaban J connectivity index is 3.15. The van der Waals surface area contributed by atoms with Gasteiger partial charge in [0.1, 0.15) is 5.82 Å². The molecule has 0 fully saturated rings. The Bertz CT molecular complexity index is 381. The van der Waals surface area contributed by atoms with Crippen molar-refractivity contribution in [2.75, 3.05) is 30.4 Å². The fourth-order valence-electron chi connectivity index (χ4n) is 1.29. The zero-order chi connectivity index (χ0) is 12.1. The first kappa shape index (κ1) is 12.2. The highest BCUT2D eigenvalue weighted by Gasteiger charge is 2.18. The molecule has 0 aliphatic carbocycles. The predicted octanol–water partition coefficient (Wildman–Crippen LogP) is 1.88. The van der Waals surface area contributed by atoms with Crippen molar-refractivity contribution in [2.24, 2.45) is 0 Å². The lowest BCUT2D eigenvalue weighted by Gasteiger charge is -2.16. The third-order valence-corrected chi connectivity index (χ3v) is 2.25. The molecule has 0 saturated heterocycles. The van der Waals surface area contributed by atoms with E-state index in [-0.39, 0.29) is 5.69 Å². The van der Waals surface area contributed by atoms with Gasteiger partial charge in [0.25, 0.3) is 0 Å². The summed E-state index contributed by atoms with van der Waals surface area (Å²) >= 11 is 0. The molecular weight excluding hydrogens is 208 g/mol. The van der Waals surface area contributed by atoms with Crippen LogP contribution in [-0.4, -0.2) is 30.0 Å². The Kier molecular flexibility index (Phi) is 4.04. The molecule has 88 valence electrons. The van der Waals surface area contributed by atoms with Crippen molar-refractivity contribution >= 4 is 17.3 Å². The number of nitrogens with one attached hydrogen (secondary N) is 1. The molecule has 1 N–H and O–H groups in total. The van der Waals surface area contributed by atoms with Crippen molar-refractivity contribution in [3.63, 3.8) is 0 Å². The van der Waals surface area contributed by atoms with Crippen LogP contribution in [0.1, 0.15) is 13.8 Å². The van der Waals surface area contributed by atoms with E-state index in [1.165, 1.54) is 6.07 Å². The summed E-state index contributed by atoms with van der Waals surface area (Å²) in [7, 11) is 1.78. The first-order valence-corrected chi connectivity index (χ1v) is 5.20. The summed E-state index contributed by atoms with van der Waals surface area (Å²) in [6, 6.07) is 3.10.